The molecule has 2 rings (SSSR count). The van der Waals surface area contributed by atoms with Gasteiger partial charge in [0.2, 0.25) is 0 Å². The van der Waals surface area contributed by atoms with Crippen LogP contribution in [0.5, 0.6) is 0 Å². The summed E-state index contributed by atoms with van der Waals surface area (Å²) in [5, 5.41) is 0. The molecule has 0 aliphatic carbocycles. The maximum absolute atomic E-state index is 13.4. The Balaban J connectivity index is 2.49. The van der Waals surface area contributed by atoms with Crippen LogP contribution in [0.1, 0.15) is 0 Å². The van der Waals surface area contributed by atoms with Crippen LogP contribution in [0.25, 0.3) is 0 Å². The molecule has 1 aromatic carbocycles. The van der Waals surface area contributed by atoms with Gasteiger partial charge in [0.25, 0.3) is 10.0 Å². The van der Waals surface area contributed by atoms with E-state index in [2.05, 4.69) is 4.98 Å². The number of nitrogens with two attached hydrogens (primary N) is 1. The minimum absolute atomic E-state index is 0.0168. The minimum Gasteiger partial charge on any atom is -0.384 e. The Morgan fingerprint density at radius 2 is 1.62 bits per heavy atom. The van der Waals surface area contributed by atoms with Gasteiger partial charge in [-0.25, -0.2) is 31.0 Å². The van der Waals surface area contributed by atoms with Gasteiger partial charge in [0.15, 0.2) is 23.3 Å². The smallest absolute Gasteiger partial charge is 0.263 e. The summed E-state index contributed by atoms with van der Waals surface area (Å²) in [6.07, 6.45) is 0.823. The summed E-state index contributed by atoms with van der Waals surface area (Å²) < 4.78 is 78.0. The predicted octanol–water partition coefficient (Wildman–Crippen LogP) is 2.02. The zero-order valence-electron chi connectivity index (χ0n) is 10.1. The summed E-state index contributed by atoms with van der Waals surface area (Å²) in [7, 11) is -4.49. The highest BCUT2D eigenvalue weighted by molar-refractivity contribution is 7.92. The van der Waals surface area contributed by atoms with E-state index in [1.54, 1.807) is 0 Å². The van der Waals surface area contributed by atoms with Crippen LogP contribution in [0.3, 0.4) is 0 Å². The molecule has 10 heteroatoms. The fraction of sp³-hybridized carbons (Fsp3) is 0. The van der Waals surface area contributed by atoms with Crippen LogP contribution in [0.2, 0.25) is 0 Å². The Kier molecular flexibility index (Phi) is 3.73. The van der Waals surface area contributed by atoms with Gasteiger partial charge in [-0.3, -0.25) is 4.72 Å². The third-order valence-electron chi connectivity index (χ3n) is 2.42. The lowest BCUT2D eigenvalue weighted by molar-refractivity contribution is 0.459. The van der Waals surface area contributed by atoms with E-state index >= 15 is 0 Å². The molecule has 112 valence electrons. The zero-order valence-corrected chi connectivity index (χ0v) is 10.9. The summed E-state index contributed by atoms with van der Waals surface area (Å²) >= 11 is 0. The fourth-order valence-electron chi connectivity index (χ4n) is 1.41. The molecule has 0 amide bonds. The van der Waals surface area contributed by atoms with E-state index < -0.39 is 43.9 Å². The molecule has 0 bridgehead atoms. The number of nitrogens with one attached hydrogen (secondary N) is 1. The molecule has 0 atom stereocenters. The highest BCUT2D eigenvalue weighted by Crippen LogP contribution is 2.26. The first-order valence-electron chi connectivity index (χ1n) is 5.29. The number of sulfonamides is 1. The van der Waals surface area contributed by atoms with Crippen LogP contribution < -0.4 is 10.5 Å². The third-order valence-corrected chi connectivity index (χ3v) is 3.75. The van der Waals surface area contributed by atoms with Crippen molar-refractivity contribution in [3.8, 4) is 0 Å². The molecule has 0 saturated heterocycles. The van der Waals surface area contributed by atoms with Crippen molar-refractivity contribution in [1.82, 2.24) is 4.98 Å². The maximum Gasteiger partial charge on any atom is 0.263 e. The van der Waals surface area contributed by atoms with Crippen molar-refractivity contribution < 1.29 is 26.0 Å². The molecule has 0 fully saturated rings. The number of halogens is 4. The summed E-state index contributed by atoms with van der Waals surface area (Å²) in [5.74, 6) is -7.17. The van der Waals surface area contributed by atoms with E-state index in [1.165, 1.54) is 4.72 Å². The molecule has 1 aromatic heterocycles. The van der Waals surface area contributed by atoms with E-state index in [4.69, 9.17) is 5.73 Å². The number of hydrogen-bond donors (Lipinski definition) is 2. The largest absolute Gasteiger partial charge is 0.384 e. The molecule has 0 aliphatic rings. The molecule has 2 aromatic rings. The van der Waals surface area contributed by atoms with Gasteiger partial charge in [-0.05, 0) is 12.1 Å². The number of benzene rings is 1. The second kappa shape index (κ2) is 5.20. The van der Waals surface area contributed by atoms with Crippen molar-refractivity contribution in [3.05, 3.63) is 47.7 Å². The Morgan fingerprint density at radius 3 is 2.10 bits per heavy atom. The van der Waals surface area contributed by atoms with Crippen molar-refractivity contribution in [2.24, 2.45) is 0 Å². The SMILES string of the molecule is Nc1ccc(S(=O)(=O)Nc2c(F)c(F)cc(F)c2F)cn1. The van der Waals surface area contributed by atoms with Crippen LogP contribution >= 0.6 is 0 Å². The van der Waals surface area contributed by atoms with Crippen LogP contribution in [0.4, 0.5) is 29.1 Å². The summed E-state index contributed by atoms with van der Waals surface area (Å²) in [5.41, 5.74) is 3.81. The average molecular weight is 321 g/mol. The first-order chi connectivity index (χ1) is 9.72. The summed E-state index contributed by atoms with van der Waals surface area (Å²) in [6.45, 7) is 0. The van der Waals surface area contributed by atoms with Gasteiger partial charge < -0.3 is 5.73 Å². The molecule has 0 aliphatic heterocycles. The minimum atomic E-state index is -4.49. The summed E-state index contributed by atoms with van der Waals surface area (Å²) in [6, 6.07) is 2.11. The van der Waals surface area contributed by atoms with Crippen LogP contribution in [-0.2, 0) is 10.0 Å². The molecule has 5 nitrogen and oxygen atoms in total. The monoisotopic (exact) mass is 321 g/mol. The van der Waals surface area contributed by atoms with E-state index in [9.17, 15) is 26.0 Å². The third kappa shape index (κ3) is 2.89. The Labute approximate surface area is 116 Å². The van der Waals surface area contributed by atoms with Gasteiger partial charge in [-0.1, -0.05) is 0 Å². The topological polar surface area (TPSA) is 85.1 Å². The van der Waals surface area contributed by atoms with Crippen LogP contribution in [-0.4, -0.2) is 13.4 Å². The molecule has 21 heavy (non-hydrogen) atoms. The van der Waals surface area contributed by atoms with E-state index in [0.717, 1.165) is 18.3 Å². The van der Waals surface area contributed by atoms with Crippen LogP contribution in [0, 0.1) is 23.3 Å². The molecule has 0 saturated carbocycles. The second-order valence-electron chi connectivity index (χ2n) is 3.87. The number of rotatable bonds is 3. The maximum atomic E-state index is 13.4. The lowest BCUT2D eigenvalue weighted by Gasteiger charge is -2.10. The molecular formula is C11H7F4N3O2S. The van der Waals surface area contributed by atoms with Crippen molar-refractivity contribution >= 4 is 21.5 Å². The highest BCUT2D eigenvalue weighted by Gasteiger charge is 2.24. The lowest BCUT2D eigenvalue weighted by Crippen LogP contribution is -2.17. The van der Waals surface area contributed by atoms with Crippen molar-refractivity contribution in [1.29, 1.82) is 0 Å². The van der Waals surface area contributed by atoms with Gasteiger partial charge in [0, 0.05) is 12.3 Å². The number of pyridine rings is 1. The fourth-order valence-corrected chi connectivity index (χ4v) is 2.41. The van der Waals surface area contributed by atoms with Crippen molar-refractivity contribution in [2.45, 2.75) is 4.90 Å². The first kappa shape index (κ1) is 15.0. The number of hydrogen-bond acceptors (Lipinski definition) is 4. The van der Waals surface area contributed by atoms with Gasteiger partial charge in [-0.15, -0.1) is 0 Å². The van der Waals surface area contributed by atoms with E-state index in [1.807, 2.05) is 0 Å². The van der Waals surface area contributed by atoms with E-state index in [-0.39, 0.29) is 11.9 Å². The van der Waals surface area contributed by atoms with Gasteiger partial charge >= 0.3 is 0 Å². The summed E-state index contributed by atoms with van der Waals surface area (Å²) in [4.78, 5) is 3.00. The number of aromatic nitrogens is 1. The quantitative estimate of drug-likeness (QED) is 0.669. The zero-order chi connectivity index (χ0) is 15.8. The number of nitrogen functional groups attached to an aromatic ring is 1. The Bertz CT molecular complexity index is 768. The predicted molar refractivity (Wildman–Crippen MR) is 65.7 cm³/mol. The number of nitrogens with zero attached hydrogens (tertiary/aromatic N) is 1. The molecule has 0 radical (unpaired) electrons. The normalized spacial score (nSPS) is 11.4. The Hall–Kier alpha value is -2.36. The van der Waals surface area contributed by atoms with Crippen LogP contribution in [0.15, 0.2) is 29.3 Å². The first-order valence-corrected chi connectivity index (χ1v) is 6.78. The van der Waals surface area contributed by atoms with Gasteiger partial charge in [0.05, 0.1) is 0 Å². The van der Waals surface area contributed by atoms with Gasteiger partial charge in [-0.2, -0.15) is 0 Å². The standard InChI is InChI=1S/C11H7F4N3O2S/c12-6-3-7(13)10(15)11(9(6)14)18-21(19,20)5-1-2-8(16)17-4-5/h1-4,18H,(H2,16,17). The molecule has 0 spiro atoms. The van der Waals surface area contributed by atoms with Crippen molar-refractivity contribution in [2.75, 3.05) is 10.5 Å². The molecule has 3 N–H and O–H groups in total. The second-order valence-corrected chi connectivity index (χ2v) is 5.55. The average Bonchev–Trinajstić information content (AvgIpc) is 2.42. The van der Waals surface area contributed by atoms with Gasteiger partial charge in [0.1, 0.15) is 16.4 Å². The molecule has 1 heterocycles. The molecule has 0 unspecified atom stereocenters. The highest BCUT2D eigenvalue weighted by atomic mass is 32.2. The Morgan fingerprint density at radius 1 is 1.05 bits per heavy atom. The number of anilines is 2. The van der Waals surface area contributed by atoms with E-state index in [0.29, 0.717) is 0 Å². The lowest BCUT2D eigenvalue weighted by atomic mass is 10.3. The van der Waals surface area contributed by atoms with Crippen molar-refractivity contribution in [3.63, 3.8) is 0 Å². The molecular weight excluding hydrogens is 314 g/mol.